The van der Waals surface area contributed by atoms with Crippen molar-refractivity contribution < 1.29 is 17.6 Å². The van der Waals surface area contributed by atoms with E-state index >= 15 is 0 Å². The zero-order valence-corrected chi connectivity index (χ0v) is 11.0. The monoisotopic (exact) mass is 325 g/mol. The third kappa shape index (κ3) is 3.49. The molecule has 20 heavy (non-hydrogen) atoms. The summed E-state index contributed by atoms with van der Waals surface area (Å²) < 4.78 is 50.7. The molecule has 0 atom stereocenters. The van der Waals surface area contributed by atoms with E-state index in [-0.39, 0.29) is 16.5 Å². The van der Waals surface area contributed by atoms with Crippen molar-refractivity contribution >= 4 is 34.7 Å². The smallest absolute Gasteiger partial charge is 0.339 e. The van der Waals surface area contributed by atoms with Crippen molar-refractivity contribution in [3.8, 4) is 0 Å². The number of alkyl halides is 3. The molecule has 1 heterocycles. The lowest BCUT2D eigenvalue weighted by atomic mass is 10.3. The summed E-state index contributed by atoms with van der Waals surface area (Å²) in [6.45, 7) is 0. The molecule has 106 valence electrons. The minimum atomic E-state index is -4.74. The van der Waals surface area contributed by atoms with Crippen LogP contribution < -0.4 is 5.32 Å². The van der Waals surface area contributed by atoms with Gasteiger partial charge in [0.2, 0.25) is 5.82 Å². The number of hydrogen-bond donors (Lipinski definition) is 1. The van der Waals surface area contributed by atoms with Crippen molar-refractivity contribution in [1.82, 2.24) is 9.97 Å². The van der Waals surface area contributed by atoms with Crippen LogP contribution in [0.5, 0.6) is 0 Å². The molecular formula is C11H5Cl2F4N3. The van der Waals surface area contributed by atoms with Crippen molar-refractivity contribution in [2.24, 2.45) is 0 Å². The largest absolute Gasteiger partial charge is 0.451 e. The van der Waals surface area contributed by atoms with Gasteiger partial charge in [-0.2, -0.15) is 13.2 Å². The first kappa shape index (κ1) is 14.8. The molecular weight excluding hydrogens is 321 g/mol. The molecule has 0 bridgehead atoms. The fourth-order valence-corrected chi connectivity index (χ4v) is 1.69. The van der Waals surface area contributed by atoms with Gasteiger partial charge in [0.15, 0.2) is 0 Å². The maximum Gasteiger partial charge on any atom is 0.451 e. The average molecular weight is 326 g/mol. The third-order valence-electron chi connectivity index (χ3n) is 2.14. The van der Waals surface area contributed by atoms with Gasteiger partial charge in [0.1, 0.15) is 16.8 Å². The van der Waals surface area contributed by atoms with Gasteiger partial charge >= 0.3 is 6.18 Å². The van der Waals surface area contributed by atoms with Gasteiger partial charge in [0.05, 0.1) is 10.7 Å². The Kier molecular flexibility index (Phi) is 4.01. The highest BCUT2D eigenvalue weighted by atomic mass is 35.5. The first-order valence-corrected chi connectivity index (χ1v) is 5.85. The van der Waals surface area contributed by atoms with E-state index in [1.165, 1.54) is 6.07 Å². The molecule has 2 rings (SSSR count). The molecule has 0 radical (unpaired) electrons. The van der Waals surface area contributed by atoms with Crippen LogP contribution in [-0.4, -0.2) is 9.97 Å². The highest BCUT2D eigenvalue weighted by Gasteiger charge is 2.35. The highest BCUT2D eigenvalue weighted by molar-refractivity contribution is 6.33. The Morgan fingerprint density at radius 2 is 1.75 bits per heavy atom. The normalized spacial score (nSPS) is 11.5. The van der Waals surface area contributed by atoms with Gasteiger partial charge in [-0.15, -0.1) is 0 Å². The van der Waals surface area contributed by atoms with Gasteiger partial charge in [0, 0.05) is 6.07 Å². The van der Waals surface area contributed by atoms with Crippen LogP contribution >= 0.6 is 23.2 Å². The first-order chi connectivity index (χ1) is 9.25. The average Bonchev–Trinajstić information content (AvgIpc) is 2.32. The number of hydrogen-bond acceptors (Lipinski definition) is 3. The quantitative estimate of drug-likeness (QED) is 0.643. The second kappa shape index (κ2) is 5.41. The molecule has 1 N–H and O–H groups in total. The number of halogens is 6. The lowest BCUT2D eigenvalue weighted by Gasteiger charge is -2.10. The Hall–Kier alpha value is -1.60. The summed E-state index contributed by atoms with van der Waals surface area (Å²) in [7, 11) is 0. The van der Waals surface area contributed by atoms with Crippen LogP contribution in [0.2, 0.25) is 10.2 Å². The van der Waals surface area contributed by atoms with Crippen LogP contribution in [0.3, 0.4) is 0 Å². The second-order valence-electron chi connectivity index (χ2n) is 3.65. The zero-order valence-electron chi connectivity index (χ0n) is 9.47. The molecule has 0 aliphatic carbocycles. The molecule has 2 aromatic rings. The summed E-state index contributed by atoms with van der Waals surface area (Å²) in [5.74, 6) is -2.25. The molecule has 0 spiro atoms. The van der Waals surface area contributed by atoms with Crippen LogP contribution in [0.25, 0.3) is 0 Å². The standard InChI is InChI=1S/C11H5Cl2F4N3/c12-6-2-1-5(14)3-7(6)18-9-4-8(13)19-10(20-9)11(15,16)17/h1-4H,(H,18,19,20). The minimum Gasteiger partial charge on any atom is -0.339 e. The molecule has 0 amide bonds. The van der Waals surface area contributed by atoms with E-state index in [2.05, 4.69) is 15.3 Å². The van der Waals surface area contributed by atoms with E-state index in [0.717, 1.165) is 18.2 Å². The fourth-order valence-electron chi connectivity index (χ4n) is 1.34. The van der Waals surface area contributed by atoms with E-state index in [1.54, 1.807) is 0 Å². The molecule has 0 aliphatic heterocycles. The number of aromatic nitrogens is 2. The zero-order chi connectivity index (χ0) is 14.9. The van der Waals surface area contributed by atoms with Crippen molar-refractivity contribution in [1.29, 1.82) is 0 Å². The van der Waals surface area contributed by atoms with E-state index in [4.69, 9.17) is 23.2 Å². The number of rotatable bonds is 2. The van der Waals surface area contributed by atoms with Crippen LogP contribution in [-0.2, 0) is 6.18 Å². The predicted molar refractivity (Wildman–Crippen MR) is 66.7 cm³/mol. The van der Waals surface area contributed by atoms with Crippen LogP contribution in [0.4, 0.5) is 29.1 Å². The minimum absolute atomic E-state index is 0.0644. The Bertz CT molecular complexity index is 646. The number of nitrogens with one attached hydrogen (secondary N) is 1. The number of nitrogens with zero attached hydrogens (tertiary/aromatic N) is 2. The van der Waals surface area contributed by atoms with Gasteiger partial charge in [0.25, 0.3) is 0 Å². The first-order valence-electron chi connectivity index (χ1n) is 5.09. The van der Waals surface area contributed by atoms with Crippen molar-refractivity contribution in [3.05, 3.63) is 46.1 Å². The molecule has 1 aromatic carbocycles. The van der Waals surface area contributed by atoms with Crippen LogP contribution in [0.15, 0.2) is 24.3 Å². The van der Waals surface area contributed by atoms with Gasteiger partial charge in [-0.1, -0.05) is 23.2 Å². The Labute approximate surface area is 120 Å². The molecule has 0 saturated heterocycles. The van der Waals surface area contributed by atoms with Crippen molar-refractivity contribution in [3.63, 3.8) is 0 Å². The molecule has 9 heteroatoms. The van der Waals surface area contributed by atoms with Crippen molar-refractivity contribution in [2.75, 3.05) is 5.32 Å². The van der Waals surface area contributed by atoms with Crippen LogP contribution in [0.1, 0.15) is 5.82 Å². The Morgan fingerprint density at radius 3 is 2.40 bits per heavy atom. The highest BCUT2D eigenvalue weighted by Crippen LogP contribution is 2.30. The fraction of sp³-hybridized carbons (Fsp3) is 0.0909. The lowest BCUT2D eigenvalue weighted by molar-refractivity contribution is -0.144. The van der Waals surface area contributed by atoms with Crippen molar-refractivity contribution in [2.45, 2.75) is 6.18 Å². The summed E-state index contributed by atoms with van der Waals surface area (Å²) in [5, 5.41) is 2.18. The molecule has 3 nitrogen and oxygen atoms in total. The van der Waals surface area contributed by atoms with E-state index in [9.17, 15) is 17.6 Å². The summed E-state index contributed by atoms with van der Waals surface area (Å²) in [4.78, 5) is 6.33. The summed E-state index contributed by atoms with van der Waals surface area (Å²) in [6.07, 6.45) is -4.74. The summed E-state index contributed by atoms with van der Waals surface area (Å²) >= 11 is 11.3. The maximum absolute atomic E-state index is 13.1. The Balaban J connectivity index is 2.39. The van der Waals surface area contributed by atoms with Gasteiger partial charge in [-0.25, -0.2) is 14.4 Å². The van der Waals surface area contributed by atoms with E-state index < -0.39 is 23.0 Å². The topological polar surface area (TPSA) is 37.8 Å². The summed E-state index contributed by atoms with van der Waals surface area (Å²) in [5.41, 5.74) is 0.0644. The lowest BCUT2D eigenvalue weighted by Crippen LogP contribution is -2.12. The molecule has 0 fully saturated rings. The molecule has 0 saturated carbocycles. The van der Waals surface area contributed by atoms with E-state index in [0.29, 0.717) is 0 Å². The number of anilines is 2. The molecule has 1 aromatic heterocycles. The van der Waals surface area contributed by atoms with Gasteiger partial charge in [-0.3, -0.25) is 0 Å². The second-order valence-corrected chi connectivity index (χ2v) is 4.44. The summed E-state index contributed by atoms with van der Waals surface area (Å²) in [6, 6.07) is 4.46. The predicted octanol–water partition coefficient (Wildman–Crippen LogP) is 4.68. The van der Waals surface area contributed by atoms with Crippen LogP contribution in [0, 0.1) is 5.82 Å². The van der Waals surface area contributed by atoms with Gasteiger partial charge in [-0.05, 0) is 18.2 Å². The SMILES string of the molecule is Fc1ccc(Cl)c(Nc2cc(Cl)nc(C(F)(F)F)n2)c1. The van der Waals surface area contributed by atoms with Gasteiger partial charge < -0.3 is 5.32 Å². The van der Waals surface area contributed by atoms with E-state index in [1.807, 2.05) is 0 Å². The Morgan fingerprint density at radius 1 is 1.05 bits per heavy atom. The molecule has 0 unspecified atom stereocenters. The number of benzene rings is 1. The third-order valence-corrected chi connectivity index (χ3v) is 2.66. The maximum atomic E-state index is 13.1. The molecule has 0 aliphatic rings.